The fourth-order valence-electron chi connectivity index (χ4n) is 3.51. The molecule has 0 radical (unpaired) electrons. The zero-order chi connectivity index (χ0) is 14.5. The molecule has 0 fully saturated rings. The van der Waals surface area contributed by atoms with E-state index in [1.165, 1.54) is 32.2 Å². The number of hydrogen-bond donors (Lipinski definition) is 0. The second-order valence-electron chi connectivity index (χ2n) is 5.96. The molecule has 0 saturated heterocycles. The topological polar surface area (TPSA) is 3.24 Å². The van der Waals surface area contributed by atoms with Crippen LogP contribution in [0, 0.1) is 0 Å². The lowest BCUT2D eigenvalue weighted by Crippen LogP contribution is -2.50. The summed E-state index contributed by atoms with van der Waals surface area (Å²) in [5.41, 5.74) is 2.69. The highest BCUT2D eigenvalue weighted by atomic mass is 15.0. The smallest absolute Gasteiger partial charge is 0.320 e. The summed E-state index contributed by atoms with van der Waals surface area (Å²) in [5.74, 6) is 2.38. The molecule has 0 atom stereocenters. The van der Waals surface area contributed by atoms with Gasteiger partial charge >= 0.3 is 6.85 Å². The zero-order valence-electron chi connectivity index (χ0n) is 12.1. The van der Waals surface area contributed by atoms with Crippen molar-refractivity contribution >= 4 is 41.3 Å². The molecule has 3 aromatic rings. The first-order valence-electron chi connectivity index (χ1n) is 7.66. The Bertz CT molecular complexity index is 1050. The fraction of sp³-hybridized carbons (Fsp3) is 0. The minimum absolute atomic E-state index is 0.301. The maximum atomic E-state index is 2.38. The van der Waals surface area contributed by atoms with Crippen molar-refractivity contribution in [3.8, 4) is 0 Å². The summed E-state index contributed by atoms with van der Waals surface area (Å²) in [4.78, 5) is 2.31. The van der Waals surface area contributed by atoms with Gasteiger partial charge in [-0.15, -0.1) is 0 Å². The third-order valence-electron chi connectivity index (χ3n) is 4.64. The first-order valence-corrected chi connectivity index (χ1v) is 7.66. The van der Waals surface area contributed by atoms with E-state index in [1.54, 1.807) is 0 Å². The molecule has 1 nitrogen and oxygen atoms in total. The van der Waals surface area contributed by atoms with E-state index in [4.69, 9.17) is 0 Å². The van der Waals surface area contributed by atoms with Gasteiger partial charge in [-0.3, -0.25) is 0 Å². The third kappa shape index (κ3) is 1.67. The van der Waals surface area contributed by atoms with Crippen molar-refractivity contribution in [2.75, 3.05) is 0 Å². The number of nitrogens with zero attached hydrogens (tertiary/aromatic N) is 1. The van der Waals surface area contributed by atoms with Crippen molar-refractivity contribution in [3.63, 3.8) is 0 Å². The van der Waals surface area contributed by atoms with Crippen LogP contribution in [0.1, 0.15) is 5.56 Å². The molecular weight excluding hydrogens is 265 g/mol. The lowest BCUT2D eigenvalue weighted by molar-refractivity contribution is 0.865. The molecule has 2 heteroatoms. The van der Waals surface area contributed by atoms with E-state index in [9.17, 15) is 0 Å². The van der Waals surface area contributed by atoms with E-state index < -0.39 is 0 Å². The van der Waals surface area contributed by atoms with Crippen molar-refractivity contribution in [1.82, 2.24) is 4.81 Å². The molecule has 0 aliphatic carbocycles. The molecule has 0 N–H and O–H groups in total. The lowest BCUT2D eigenvalue weighted by atomic mass is 9.51. The Morgan fingerprint density at radius 3 is 2.36 bits per heavy atom. The monoisotopic (exact) mass is 279 g/mol. The maximum Gasteiger partial charge on any atom is 0.320 e. The van der Waals surface area contributed by atoms with Crippen LogP contribution in [0.25, 0.3) is 29.0 Å². The van der Waals surface area contributed by atoms with Gasteiger partial charge < -0.3 is 4.81 Å². The standard InChI is InChI=1S/C20H14BN/c1-2-7-17-12-19-14-22-10-9-15-5-3-4-8-20(15)21(22)13-18(19)11-16(17)6-1/h1-14H. The average molecular weight is 279 g/mol. The van der Waals surface area contributed by atoms with Crippen molar-refractivity contribution in [2.45, 2.75) is 0 Å². The Morgan fingerprint density at radius 2 is 1.50 bits per heavy atom. The highest BCUT2D eigenvalue weighted by Gasteiger charge is 2.26. The Kier molecular flexibility index (Phi) is 2.36. The van der Waals surface area contributed by atoms with Crippen LogP contribution in [0.3, 0.4) is 0 Å². The summed E-state index contributed by atoms with van der Waals surface area (Å²) in [7, 11) is 0. The van der Waals surface area contributed by atoms with E-state index in [2.05, 4.69) is 89.9 Å². The lowest BCUT2D eigenvalue weighted by Gasteiger charge is -2.29. The molecule has 0 amide bonds. The SMILES string of the molecule is C1=CN2C=c3cc4ccccc4cc3=CB2c2ccccc21. The number of fused-ring (bicyclic) bond motifs is 5. The summed E-state index contributed by atoms with van der Waals surface area (Å²) in [6.07, 6.45) is 6.64. The molecule has 3 aromatic carbocycles. The fourth-order valence-corrected chi connectivity index (χ4v) is 3.51. The Labute approximate surface area is 129 Å². The molecule has 0 saturated carbocycles. The summed E-state index contributed by atoms with van der Waals surface area (Å²) < 4.78 is 0. The van der Waals surface area contributed by atoms with Crippen LogP contribution in [0.15, 0.2) is 66.9 Å². The maximum absolute atomic E-state index is 2.38. The molecule has 2 heterocycles. The molecule has 0 unspecified atom stereocenters. The molecule has 0 spiro atoms. The van der Waals surface area contributed by atoms with Crippen molar-refractivity contribution in [1.29, 1.82) is 0 Å². The number of benzene rings is 3. The van der Waals surface area contributed by atoms with Gasteiger partial charge in [0.1, 0.15) is 0 Å². The largest absolute Gasteiger partial charge is 0.389 e. The molecule has 5 rings (SSSR count). The van der Waals surface area contributed by atoms with Gasteiger partial charge in [0.2, 0.25) is 0 Å². The summed E-state index contributed by atoms with van der Waals surface area (Å²) >= 11 is 0. The summed E-state index contributed by atoms with van der Waals surface area (Å²) in [6, 6.07) is 21.8. The van der Waals surface area contributed by atoms with Gasteiger partial charge in [0.25, 0.3) is 0 Å². The van der Waals surface area contributed by atoms with Crippen LogP contribution in [0.2, 0.25) is 0 Å². The molecule has 22 heavy (non-hydrogen) atoms. The first-order chi connectivity index (χ1) is 10.9. The molecule has 2 aliphatic heterocycles. The van der Waals surface area contributed by atoms with Crippen LogP contribution in [-0.4, -0.2) is 11.7 Å². The Balaban J connectivity index is 1.80. The van der Waals surface area contributed by atoms with E-state index >= 15 is 0 Å². The Hall–Kier alpha value is -2.74. The molecule has 0 aromatic heterocycles. The van der Waals surface area contributed by atoms with Crippen molar-refractivity contribution in [3.05, 3.63) is 82.9 Å². The minimum atomic E-state index is 0.301. The van der Waals surface area contributed by atoms with Gasteiger partial charge in [0.05, 0.1) is 0 Å². The minimum Gasteiger partial charge on any atom is -0.389 e. The van der Waals surface area contributed by atoms with E-state index in [1.807, 2.05) is 0 Å². The van der Waals surface area contributed by atoms with E-state index in [-0.39, 0.29) is 0 Å². The van der Waals surface area contributed by atoms with Gasteiger partial charge in [-0.1, -0.05) is 54.5 Å². The summed E-state index contributed by atoms with van der Waals surface area (Å²) in [6.45, 7) is 0.301. The third-order valence-corrected chi connectivity index (χ3v) is 4.64. The van der Waals surface area contributed by atoms with Gasteiger partial charge in [-0.2, -0.15) is 0 Å². The van der Waals surface area contributed by atoms with Gasteiger partial charge in [0.15, 0.2) is 0 Å². The van der Waals surface area contributed by atoms with Crippen LogP contribution >= 0.6 is 0 Å². The second kappa shape index (κ2) is 4.38. The second-order valence-corrected chi connectivity index (χ2v) is 5.96. The molecular formula is C20H14BN. The predicted octanol–water partition coefficient (Wildman–Crippen LogP) is 2.10. The predicted molar refractivity (Wildman–Crippen MR) is 94.8 cm³/mol. The highest BCUT2D eigenvalue weighted by Crippen LogP contribution is 2.15. The first kappa shape index (κ1) is 11.9. The highest BCUT2D eigenvalue weighted by molar-refractivity contribution is 6.84. The number of rotatable bonds is 0. The zero-order valence-corrected chi connectivity index (χ0v) is 12.1. The van der Waals surface area contributed by atoms with Crippen LogP contribution < -0.4 is 15.9 Å². The van der Waals surface area contributed by atoms with E-state index in [0.29, 0.717) is 6.85 Å². The Morgan fingerprint density at radius 1 is 0.773 bits per heavy atom. The van der Waals surface area contributed by atoms with Crippen molar-refractivity contribution < 1.29 is 0 Å². The van der Waals surface area contributed by atoms with Crippen LogP contribution in [0.5, 0.6) is 0 Å². The molecule has 102 valence electrons. The summed E-state index contributed by atoms with van der Waals surface area (Å²) in [5, 5.41) is 5.22. The molecule has 2 aliphatic rings. The van der Waals surface area contributed by atoms with Gasteiger partial charge in [0, 0.05) is 0 Å². The van der Waals surface area contributed by atoms with Gasteiger partial charge in [-0.05, 0) is 62.8 Å². The average Bonchev–Trinajstić information content (AvgIpc) is 2.58. The molecule has 0 bridgehead atoms. The van der Waals surface area contributed by atoms with E-state index in [0.717, 1.165) is 0 Å². The quantitative estimate of drug-likeness (QED) is 0.570. The van der Waals surface area contributed by atoms with Gasteiger partial charge in [-0.25, -0.2) is 0 Å². The van der Waals surface area contributed by atoms with Crippen LogP contribution in [0.4, 0.5) is 0 Å². The van der Waals surface area contributed by atoms with Crippen molar-refractivity contribution in [2.24, 2.45) is 0 Å². The van der Waals surface area contributed by atoms with Crippen LogP contribution in [-0.2, 0) is 0 Å². The number of hydrogen-bond acceptors (Lipinski definition) is 1. The normalized spacial score (nSPS) is 14.7.